The summed E-state index contributed by atoms with van der Waals surface area (Å²) in [6.07, 6.45) is 6.91. The molecule has 2 aliphatic rings. The van der Waals surface area contributed by atoms with Crippen LogP contribution in [0.4, 0.5) is 0 Å². The van der Waals surface area contributed by atoms with Crippen molar-refractivity contribution in [1.82, 2.24) is 5.32 Å². The van der Waals surface area contributed by atoms with E-state index in [0.717, 1.165) is 25.8 Å². The van der Waals surface area contributed by atoms with Crippen LogP contribution in [0.25, 0.3) is 0 Å². The number of carbonyl (C=O) groups is 1. The maximum absolute atomic E-state index is 11.7. The third-order valence-corrected chi connectivity index (χ3v) is 3.80. The normalized spacial score (nSPS) is 35.7. The van der Waals surface area contributed by atoms with Gasteiger partial charge >= 0.3 is 5.97 Å². The lowest BCUT2D eigenvalue weighted by molar-refractivity contribution is -0.150. The Morgan fingerprint density at radius 3 is 2.93 bits per heavy atom. The van der Waals surface area contributed by atoms with Gasteiger partial charge in [0.05, 0.1) is 12.5 Å². The Morgan fingerprint density at radius 1 is 1.47 bits per heavy atom. The molecule has 2 unspecified atom stereocenters. The standard InChI is InChI=1S/C12H21NO2/c1-2-15-11(14)10-5-3-6-12(9-10)7-4-8-13-12/h10,13H,2-9H2,1H3. The van der Waals surface area contributed by atoms with E-state index in [1.807, 2.05) is 6.92 Å². The van der Waals surface area contributed by atoms with Gasteiger partial charge in [-0.1, -0.05) is 6.42 Å². The first-order chi connectivity index (χ1) is 7.26. The molecule has 0 aromatic carbocycles. The molecule has 0 bridgehead atoms. The average molecular weight is 211 g/mol. The molecule has 1 saturated heterocycles. The summed E-state index contributed by atoms with van der Waals surface area (Å²) in [4.78, 5) is 11.7. The van der Waals surface area contributed by atoms with Gasteiger partial charge in [-0.05, 0) is 45.6 Å². The fourth-order valence-corrected chi connectivity index (χ4v) is 3.08. The van der Waals surface area contributed by atoms with Crippen molar-refractivity contribution in [3.8, 4) is 0 Å². The Bertz CT molecular complexity index is 234. The second kappa shape index (κ2) is 4.52. The van der Waals surface area contributed by atoms with E-state index in [-0.39, 0.29) is 17.4 Å². The molecule has 2 rings (SSSR count). The minimum Gasteiger partial charge on any atom is -0.466 e. The van der Waals surface area contributed by atoms with Crippen molar-refractivity contribution >= 4 is 5.97 Å². The maximum Gasteiger partial charge on any atom is 0.308 e. The summed E-state index contributed by atoms with van der Waals surface area (Å²) < 4.78 is 5.12. The molecule has 0 radical (unpaired) electrons. The number of carbonyl (C=O) groups excluding carboxylic acids is 1. The quantitative estimate of drug-likeness (QED) is 0.709. The largest absolute Gasteiger partial charge is 0.466 e. The first kappa shape index (κ1) is 10.9. The zero-order chi connectivity index (χ0) is 10.7. The highest BCUT2D eigenvalue weighted by molar-refractivity contribution is 5.72. The van der Waals surface area contributed by atoms with E-state index in [0.29, 0.717) is 6.61 Å². The highest BCUT2D eigenvalue weighted by Crippen LogP contribution is 2.38. The van der Waals surface area contributed by atoms with Gasteiger partial charge in [0, 0.05) is 5.54 Å². The monoisotopic (exact) mass is 211 g/mol. The molecule has 1 aliphatic carbocycles. The zero-order valence-corrected chi connectivity index (χ0v) is 9.55. The summed E-state index contributed by atoms with van der Waals surface area (Å²) in [6.45, 7) is 3.51. The van der Waals surface area contributed by atoms with Gasteiger partial charge in [0.15, 0.2) is 0 Å². The molecule has 1 aliphatic heterocycles. The number of nitrogens with one attached hydrogen (secondary N) is 1. The van der Waals surface area contributed by atoms with Crippen LogP contribution in [-0.2, 0) is 9.53 Å². The topological polar surface area (TPSA) is 38.3 Å². The van der Waals surface area contributed by atoms with Crippen LogP contribution in [0.1, 0.15) is 45.4 Å². The van der Waals surface area contributed by atoms with Crippen molar-refractivity contribution < 1.29 is 9.53 Å². The number of rotatable bonds is 2. The first-order valence-corrected chi connectivity index (χ1v) is 6.17. The third-order valence-electron chi connectivity index (χ3n) is 3.80. The van der Waals surface area contributed by atoms with Gasteiger partial charge in [0.2, 0.25) is 0 Å². The SMILES string of the molecule is CCOC(=O)C1CCCC2(CCCN2)C1. The van der Waals surface area contributed by atoms with Crippen molar-refractivity contribution in [3.05, 3.63) is 0 Å². The van der Waals surface area contributed by atoms with E-state index < -0.39 is 0 Å². The molecule has 86 valence electrons. The number of hydrogen-bond acceptors (Lipinski definition) is 3. The van der Waals surface area contributed by atoms with Crippen LogP contribution in [0.2, 0.25) is 0 Å². The van der Waals surface area contributed by atoms with Crippen molar-refractivity contribution in [3.63, 3.8) is 0 Å². The molecule has 1 saturated carbocycles. The summed E-state index contributed by atoms with van der Waals surface area (Å²) >= 11 is 0. The minimum atomic E-state index is 0.0188. The van der Waals surface area contributed by atoms with Crippen molar-refractivity contribution in [2.24, 2.45) is 5.92 Å². The van der Waals surface area contributed by atoms with E-state index in [9.17, 15) is 4.79 Å². The van der Waals surface area contributed by atoms with Crippen LogP contribution in [0.5, 0.6) is 0 Å². The van der Waals surface area contributed by atoms with Crippen LogP contribution >= 0.6 is 0 Å². The van der Waals surface area contributed by atoms with Crippen LogP contribution < -0.4 is 5.32 Å². The Balaban J connectivity index is 1.94. The zero-order valence-electron chi connectivity index (χ0n) is 9.55. The van der Waals surface area contributed by atoms with E-state index in [1.54, 1.807) is 0 Å². The van der Waals surface area contributed by atoms with Gasteiger partial charge in [-0.25, -0.2) is 0 Å². The molecule has 1 N–H and O–H groups in total. The van der Waals surface area contributed by atoms with E-state index >= 15 is 0 Å². The van der Waals surface area contributed by atoms with Crippen LogP contribution in [-0.4, -0.2) is 24.7 Å². The Hall–Kier alpha value is -0.570. The van der Waals surface area contributed by atoms with Gasteiger partial charge in [0.1, 0.15) is 0 Å². The predicted molar refractivity (Wildman–Crippen MR) is 58.6 cm³/mol. The number of hydrogen-bond donors (Lipinski definition) is 1. The van der Waals surface area contributed by atoms with Crippen molar-refractivity contribution in [1.29, 1.82) is 0 Å². The maximum atomic E-state index is 11.7. The molecule has 3 heteroatoms. The number of ether oxygens (including phenoxy) is 1. The molecule has 15 heavy (non-hydrogen) atoms. The summed E-state index contributed by atoms with van der Waals surface area (Å²) in [5, 5.41) is 3.59. The molecule has 2 fully saturated rings. The molecule has 1 spiro atoms. The minimum absolute atomic E-state index is 0.0188. The fraction of sp³-hybridized carbons (Fsp3) is 0.917. The van der Waals surface area contributed by atoms with Crippen LogP contribution in [0.3, 0.4) is 0 Å². The van der Waals surface area contributed by atoms with Crippen molar-refractivity contribution in [2.75, 3.05) is 13.2 Å². The molecule has 0 aromatic rings. The van der Waals surface area contributed by atoms with Gasteiger partial charge in [-0.15, -0.1) is 0 Å². The molecule has 1 heterocycles. The Labute approximate surface area is 91.6 Å². The van der Waals surface area contributed by atoms with Crippen LogP contribution in [0.15, 0.2) is 0 Å². The average Bonchev–Trinajstić information content (AvgIpc) is 2.67. The summed E-state index contributed by atoms with van der Waals surface area (Å²) in [5.74, 6) is 0.162. The molecular formula is C12H21NO2. The molecule has 3 nitrogen and oxygen atoms in total. The molecule has 2 atom stereocenters. The lowest BCUT2D eigenvalue weighted by Gasteiger charge is -2.37. The van der Waals surface area contributed by atoms with E-state index in [1.165, 1.54) is 19.3 Å². The lowest BCUT2D eigenvalue weighted by Crippen LogP contribution is -2.45. The smallest absolute Gasteiger partial charge is 0.308 e. The highest BCUT2D eigenvalue weighted by Gasteiger charge is 2.40. The van der Waals surface area contributed by atoms with E-state index in [2.05, 4.69) is 5.32 Å². The molecule has 0 amide bonds. The van der Waals surface area contributed by atoms with Gasteiger partial charge in [-0.3, -0.25) is 4.79 Å². The third kappa shape index (κ3) is 2.33. The summed E-state index contributed by atoms with van der Waals surface area (Å²) in [5.41, 5.74) is 0.273. The van der Waals surface area contributed by atoms with Gasteiger partial charge in [0.25, 0.3) is 0 Å². The molecular weight excluding hydrogens is 190 g/mol. The first-order valence-electron chi connectivity index (χ1n) is 6.17. The second-order valence-corrected chi connectivity index (χ2v) is 4.86. The van der Waals surface area contributed by atoms with Crippen LogP contribution in [0, 0.1) is 5.92 Å². The number of esters is 1. The molecule has 0 aromatic heterocycles. The summed E-state index contributed by atoms with van der Waals surface area (Å²) in [6, 6.07) is 0. The van der Waals surface area contributed by atoms with Crippen molar-refractivity contribution in [2.45, 2.75) is 51.0 Å². The second-order valence-electron chi connectivity index (χ2n) is 4.86. The summed E-state index contributed by atoms with van der Waals surface area (Å²) in [7, 11) is 0. The Morgan fingerprint density at radius 2 is 2.27 bits per heavy atom. The van der Waals surface area contributed by atoms with E-state index in [4.69, 9.17) is 4.74 Å². The fourth-order valence-electron chi connectivity index (χ4n) is 3.08. The predicted octanol–water partition coefficient (Wildman–Crippen LogP) is 1.86. The lowest BCUT2D eigenvalue weighted by atomic mass is 9.75. The van der Waals surface area contributed by atoms with Gasteiger partial charge < -0.3 is 10.1 Å². The Kier molecular flexibility index (Phi) is 3.29. The highest BCUT2D eigenvalue weighted by atomic mass is 16.5. The van der Waals surface area contributed by atoms with Gasteiger partial charge in [-0.2, -0.15) is 0 Å².